The summed E-state index contributed by atoms with van der Waals surface area (Å²) in [6.07, 6.45) is 0. The van der Waals surface area contributed by atoms with Crippen LogP contribution in [0.15, 0.2) is 29.2 Å². The highest BCUT2D eigenvalue weighted by molar-refractivity contribution is 8.13. The summed E-state index contributed by atoms with van der Waals surface area (Å²) in [4.78, 5) is 0.215. The fourth-order valence-corrected chi connectivity index (χ4v) is 2.43. The van der Waals surface area contributed by atoms with Crippen LogP contribution in [0.2, 0.25) is 0 Å². The van der Waals surface area contributed by atoms with Crippen molar-refractivity contribution in [1.29, 1.82) is 0 Å². The van der Waals surface area contributed by atoms with E-state index in [1.807, 2.05) is 13.8 Å². The van der Waals surface area contributed by atoms with Crippen LogP contribution in [0.3, 0.4) is 0 Å². The van der Waals surface area contributed by atoms with Gasteiger partial charge in [0.15, 0.2) is 0 Å². The van der Waals surface area contributed by atoms with Gasteiger partial charge in [0, 0.05) is 10.7 Å². The lowest BCUT2D eigenvalue weighted by molar-refractivity contribution is 0.607. The van der Waals surface area contributed by atoms with Gasteiger partial charge in [-0.25, -0.2) is 8.42 Å². The van der Waals surface area contributed by atoms with Gasteiger partial charge in [0.05, 0.1) is 4.90 Å². The highest BCUT2D eigenvalue weighted by Gasteiger charge is 2.16. The zero-order valence-corrected chi connectivity index (χ0v) is 9.06. The average Bonchev–Trinajstić information content (AvgIpc) is 2.03. The van der Waals surface area contributed by atoms with Crippen molar-refractivity contribution in [3.8, 4) is 0 Å². The van der Waals surface area contributed by atoms with Crippen molar-refractivity contribution < 1.29 is 8.42 Å². The molecule has 0 spiro atoms. The maximum absolute atomic E-state index is 11.1. The molecule has 0 aromatic heterocycles. The number of hydrogen-bond donors (Lipinski definition) is 0. The smallest absolute Gasteiger partial charge is 0.207 e. The summed E-state index contributed by atoms with van der Waals surface area (Å²) in [5.74, 6) is 0.157. The third kappa shape index (κ3) is 2.45. The number of halogens is 1. The number of benzene rings is 1. The Bertz CT molecular complexity index is 396. The first-order valence-corrected chi connectivity index (χ1v) is 6.27. The van der Waals surface area contributed by atoms with Crippen molar-refractivity contribution in [2.45, 2.75) is 24.7 Å². The molecule has 0 N–H and O–H groups in total. The van der Waals surface area contributed by atoms with Crippen LogP contribution in [-0.4, -0.2) is 8.42 Å². The van der Waals surface area contributed by atoms with Crippen LogP contribution in [0, 0.1) is 0 Å². The van der Waals surface area contributed by atoms with Gasteiger partial charge in [0.2, 0.25) is 0 Å². The Balaban J connectivity index is 3.37. The molecule has 0 saturated heterocycles. The second-order valence-electron chi connectivity index (χ2n) is 3.13. The lowest BCUT2D eigenvalue weighted by Crippen LogP contribution is -1.99. The van der Waals surface area contributed by atoms with Crippen LogP contribution >= 0.6 is 10.7 Å². The van der Waals surface area contributed by atoms with Gasteiger partial charge in [-0.05, 0) is 17.5 Å². The summed E-state index contributed by atoms with van der Waals surface area (Å²) >= 11 is 0. The molecule has 1 aromatic carbocycles. The van der Waals surface area contributed by atoms with Crippen LogP contribution in [0.1, 0.15) is 25.3 Å². The van der Waals surface area contributed by atoms with Gasteiger partial charge in [-0.15, -0.1) is 0 Å². The molecule has 72 valence electrons. The van der Waals surface area contributed by atoms with E-state index >= 15 is 0 Å². The molecule has 0 heterocycles. The largest absolute Gasteiger partial charge is 0.261 e. The predicted molar refractivity (Wildman–Crippen MR) is 53.6 cm³/mol. The monoisotopic (exact) mass is 218 g/mol. The van der Waals surface area contributed by atoms with E-state index in [-0.39, 0.29) is 10.8 Å². The van der Waals surface area contributed by atoms with Crippen LogP contribution in [0.4, 0.5) is 0 Å². The molecule has 0 amide bonds. The summed E-state index contributed by atoms with van der Waals surface area (Å²) in [5, 5.41) is 0. The summed E-state index contributed by atoms with van der Waals surface area (Å²) in [7, 11) is 1.67. The molecule has 0 unspecified atom stereocenters. The Morgan fingerprint density at radius 3 is 2.15 bits per heavy atom. The van der Waals surface area contributed by atoms with Crippen molar-refractivity contribution in [1.82, 2.24) is 0 Å². The van der Waals surface area contributed by atoms with E-state index in [2.05, 4.69) is 0 Å². The molecular weight excluding hydrogens is 208 g/mol. The van der Waals surface area contributed by atoms with Gasteiger partial charge >= 0.3 is 0 Å². The molecular formula is C9H11ClO2S. The molecule has 1 rings (SSSR count). The Labute approximate surface area is 83.0 Å². The van der Waals surface area contributed by atoms with E-state index < -0.39 is 9.05 Å². The molecule has 13 heavy (non-hydrogen) atoms. The molecule has 0 radical (unpaired) electrons. The van der Waals surface area contributed by atoms with E-state index in [0.717, 1.165) is 5.56 Å². The molecule has 0 aliphatic rings. The van der Waals surface area contributed by atoms with E-state index in [1.165, 1.54) is 6.07 Å². The van der Waals surface area contributed by atoms with E-state index in [4.69, 9.17) is 10.7 Å². The first-order chi connectivity index (χ1) is 5.93. The summed E-state index contributed by atoms with van der Waals surface area (Å²) < 4.78 is 22.2. The fraction of sp³-hybridized carbons (Fsp3) is 0.333. The fourth-order valence-electron chi connectivity index (χ4n) is 1.18. The number of rotatable bonds is 2. The molecule has 0 saturated carbocycles. The third-order valence-corrected chi connectivity index (χ3v) is 3.20. The standard InChI is InChI=1S/C9H11ClO2S/c1-7(2)8-5-3-4-6-9(8)13(10,11)12/h3-7H,1-2H3. The van der Waals surface area contributed by atoms with Crippen LogP contribution in [-0.2, 0) is 9.05 Å². The third-order valence-electron chi connectivity index (χ3n) is 1.80. The lowest BCUT2D eigenvalue weighted by atomic mass is 10.0. The van der Waals surface area contributed by atoms with E-state index in [9.17, 15) is 8.42 Å². The van der Waals surface area contributed by atoms with Gasteiger partial charge in [-0.1, -0.05) is 32.0 Å². The van der Waals surface area contributed by atoms with Gasteiger partial charge < -0.3 is 0 Å². The second-order valence-corrected chi connectivity index (χ2v) is 5.66. The molecule has 1 aromatic rings. The van der Waals surface area contributed by atoms with Gasteiger partial charge in [-0.2, -0.15) is 0 Å². The van der Waals surface area contributed by atoms with Crippen molar-refractivity contribution in [2.24, 2.45) is 0 Å². The molecule has 0 atom stereocenters. The average molecular weight is 219 g/mol. The molecule has 0 aliphatic heterocycles. The maximum atomic E-state index is 11.1. The zero-order chi connectivity index (χ0) is 10.1. The first kappa shape index (κ1) is 10.5. The molecule has 0 aliphatic carbocycles. The van der Waals surface area contributed by atoms with E-state index in [0.29, 0.717) is 0 Å². The van der Waals surface area contributed by atoms with Crippen LogP contribution < -0.4 is 0 Å². The number of hydrogen-bond acceptors (Lipinski definition) is 2. The molecule has 2 nitrogen and oxygen atoms in total. The lowest BCUT2D eigenvalue weighted by Gasteiger charge is -2.08. The zero-order valence-electron chi connectivity index (χ0n) is 7.49. The maximum Gasteiger partial charge on any atom is 0.261 e. The SMILES string of the molecule is CC(C)c1ccccc1S(=O)(=O)Cl. The highest BCUT2D eigenvalue weighted by Crippen LogP contribution is 2.25. The van der Waals surface area contributed by atoms with Crippen LogP contribution in [0.5, 0.6) is 0 Å². The summed E-state index contributed by atoms with van der Waals surface area (Å²) in [6, 6.07) is 6.78. The quantitative estimate of drug-likeness (QED) is 0.716. The summed E-state index contributed by atoms with van der Waals surface area (Å²) in [5.41, 5.74) is 0.762. The Hall–Kier alpha value is -0.540. The molecule has 0 fully saturated rings. The van der Waals surface area contributed by atoms with Gasteiger partial charge in [-0.3, -0.25) is 0 Å². The van der Waals surface area contributed by atoms with Gasteiger partial charge in [0.25, 0.3) is 9.05 Å². The molecule has 4 heteroatoms. The summed E-state index contributed by atoms with van der Waals surface area (Å²) in [6.45, 7) is 3.86. The second kappa shape index (κ2) is 3.68. The minimum Gasteiger partial charge on any atom is -0.207 e. The minimum absolute atomic E-state index is 0.157. The minimum atomic E-state index is -3.61. The Morgan fingerprint density at radius 1 is 1.23 bits per heavy atom. The van der Waals surface area contributed by atoms with Crippen molar-refractivity contribution in [2.75, 3.05) is 0 Å². The van der Waals surface area contributed by atoms with Crippen molar-refractivity contribution in [3.05, 3.63) is 29.8 Å². The molecule has 0 bridgehead atoms. The highest BCUT2D eigenvalue weighted by atomic mass is 35.7. The van der Waals surface area contributed by atoms with Crippen LogP contribution in [0.25, 0.3) is 0 Å². The Morgan fingerprint density at radius 2 is 1.77 bits per heavy atom. The topological polar surface area (TPSA) is 34.1 Å². The van der Waals surface area contributed by atoms with Crippen molar-refractivity contribution >= 4 is 19.7 Å². The Kier molecular flexibility index (Phi) is 2.98. The van der Waals surface area contributed by atoms with E-state index in [1.54, 1.807) is 18.2 Å². The van der Waals surface area contributed by atoms with Gasteiger partial charge in [0.1, 0.15) is 0 Å². The normalized spacial score (nSPS) is 12.0. The van der Waals surface area contributed by atoms with Crippen molar-refractivity contribution in [3.63, 3.8) is 0 Å². The predicted octanol–water partition coefficient (Wildman–Crippen LogP) is 2.74. The first-order valence-electron chi connectivity index (χ1n) is 3.96.